The van der Waals surface area contributed by atoms with Crippen LogP contribution in [-0.2, 0) is 16.6 Å². The minimum atomic E-state index is -3.76. The molecule has 0 radical (unpaired) electrons. The van der Waals surface area contributed by atoms with E-state index in [1.807, 2.05) is 91.9 Å². The maximum Gasteiger partial charge on any atom is 0.243 e. The highest BCUT2D eigenvalue weighted by atomic mass is 32.2. The molecule has 0 unspecified atom stereocenters. The van der Waals surface area contributed by atoms with Crippen molar-refractivity contribution >= 4 is 20.8 Å². The molecule has 0 aliphatic carbocycles. The monoisotopic (exact) mass is 561 g/mol. The van der Waals surface area contributed by atoms with Crippen LogP contribution < -0.4 is 4.74 Å². The highest BCUT2D eigenvalue weighted by Gasteiger charge is 2.24. The second-order valence-electron chi connectivity index (χ2n) is 9.66. The SMILES string of the molecule is Cc1ccc(S(=O)(=O)N(C)Cc2nc(-c3cc4ccccc4cn3)nn2-c2ccc(Oc3ccccc3)cc2)cc1. The van der Waals surface area contributed by atoms with Crippen molar-refractivity contribution in [1.29, 1.82) is 0 Å². The van der Waals surface area contributed by atoms with Gasteiger partial charge in [-0.25, -0.2) is 18.1 Å². The number of pyridine rings is 1. The molecular formula is C32H27N5O3S. The van der Waals surface area contributed by atoms with Gasteiger partial charge in [-0.2, -0.15) is 4.31 Å². The normalized spacial score (nSPS) is 11.7. The number of benzene rings is 4. The largest absolute Gasteiger partial charge is 0.457 e. The smallest absolute Gasteiger partial charge is 0.243 e. The summed E-state index contributed by atoms with van der Waals surface area (Å²) in [5, 5.41) is 6.79. The van der Waals surface area contributed by atoms with Gasteiger partial charge in [0.2, 0.25) is 15.8 Å². The molecule has 4 aromatic carbocycles. The molecule has 0 spiro atoms. The molecule has 0 saturated heterocycles. The van der Waals surface area contributed by atoms with Crippen molar-refractivity contribution in [2.75, 3.05) is 7.05 Å². The van der Waals surface area contributed by atoms with E-state index in [-0.39, 0.29) is 11.4 Å². The van der Waals surface area contributed by atoms with Gasteiger partial charge in [0.25, 0.3) is 0 Å². The quantitative estimate of drug-likeness (QED) is 0.214. The van der Waals surface area contributed by atoms with Gasteiger partial charge >= 0.3 is 0 Å². The second-order valence-corrected chi connectivity index (χ2v) is 11.7. The third-order valence-corrected chi connectivity index (χ3v) is 8.51. The fourth-order valence-electron chi connectivity index (χ4n) is 4.42. The van der Waals surface area contributed by atoms with Crippen molar-refractivity contribution in [3.8, 4) is 28.7 Å². The Bertz CT molecular complexity index is 1920. The van der Waals surface area contributed by atoms with Crippen LogP contribution in [-0.4, -0.2) is 39.5 Å². The van der Waals surface area contributed by atoms with Crippen molar-refractivity contribution in [2.24, 2.45) is 0 Å². The highest BCUT2D eigenvalue weighted by Crippen LogP contribution is 2.26. The molecule has 41 heavy (non-hydrogen) atoms. The molecule has 204 valence electrons. The number of aryl methyl sites for hydroxylation is 1. The molecule has 0 amide bonds. The van der Waals surface area contributed by atoms with Crippen LogP contribution in [0.1, 0.15) is 11.4 Å². The molecule has 0 atom stereocenters. The molecule has 0 aliphatic heterocycles. The first-order chi connectivity index (χ1) is 19.9. The van der Waals surface area contributed by atoms with Crippen LogP contribution in [0.5, 0.6) is 11.5 Å². The van der Waals surface area contributed by atoms with Crippen LogP contribution in [0.4, 0.5) is 0 Å². The van der Waals surface area contributed by atoms with Crippen LogP contribution in [0, 0.1) is 6.92 Å². The van der Waals surface area contributed by atoms with Gasteiger partial charge in [0, 0.05) is 18.6 Å². The van der Waals surface area contributed by atoms with Crippen molar-refractivity contribution in [1.82, 2.24) is 24.1 Å². The minimum Gasteiger partial charge on any atom is -0.457 e. The molecule has 8 nitrogen and oxygen atoms in total. The van der Waals surface area contributed by atoms with Crippen molar-refractivity contribution in [2.45, 2.75) is 18.4 Å². The van der Waals surface area contributed by atoms with Crippen LogP contribution in [0.3, 0.4) is 0 Å². The lowest BCUT2D eigenvalue weighted by Gasteiger charge is -2.17. The Morgan fingerprint density at radius 3 is 2.20 bits per heavy atom. The first-order valence-corrected chi connectivity index (χ1v) is 14.5. The number of nitrogens with zero attached hydrogens (tertiary/aromatic N) is 5. The Balaban J connectivity index is 1.37. The molecule has 0 bridgehead atoms. The van der Waals surface area contributed by atoms with E-state index < -0.39 is 10.0 Å². The zero-order chi connectivity index (χ0) is 28.4. The molecule has 0 aliphatic rings. The predicted molar refractivity (Wildman–Crippen MR) is 158 cm³/mol. The number of fused-ring (bicyclic) bond motifs is 1. The average Bonchev–Trinajstić information content (AvgIpc) is 3.41. The standard InChI is InChI=1S/C32H27N5O3S/c1-23-12-18-29(19-13-23)41(38,39)36(2)22-31-34-32(30-20-24-8-6-7-9-25(24)21-33-30)35-37(31)26-14-16-28(17-15-26)40-27-10-4-3-5-11-27/h3-21H,22H2,1-2H3. The van der Waals surface area contributed by atoms with Gasteiger partial charge < -0.3 is 4.74 Å². The van der Waals surface area contributed by atoms with Crippen LogP contribution in [0.25, 0.3) is 28.0 Å². The van der Waals surface area contributed by atoms with Gasteiger partial charge in [-0.1, -0.05) is 60.2 Å². The summed E-state index contributed by atoms with van der Waals surface area (Å²) in [7, 11) is -2.22. The third-order valence-electron chi connectivity index (χ3n) is 6.69. The van der Waals surface area contributed by atoms with Gasteiger partial charge in [0.1, 0.15) is 23.0 Å². The number of sulfonamides is 1. The predicted octanol–water partition coefficient (Wildman–Crippen LogP) is 6.40. The number of aromatic nitrogens is 4. The molecule has 9 heteroatoms. The Hall–Kier alpha value is -4.86. The lowest BCUT2D eigenvalue weighted by molar-refractivity contribution is 0.452. The summed E-state index contributed by atoms with van der Waals surface area (Å²) in [6.45, 7) is 1.92. The summed E-state index contributed by atoms with van der Waals surface area (Å²) in [6, 6.07) is 33.6. The summed E-state index contributed by atoms with van der Waals surface area (Å²) in [5.74, 6) is 2.24. The van der Waals surface area contributed by atoms with E-state index in [0.29, 0.717) is 28.8 Å². The summed E-state index contributed by atoms with van der Waals surface area (Å²) in [4.78, 5) is 9.56. The van der Waals surface area contributed by atoms with Crippen LogP contribution >= 0.6 is 0 Å². The summed E-state index contributed by atoms with van der Waals surface area (Å²) >= 11 is 0. The molecule has 0 fully saturated rings. The highest BCUT2D eigenvalue weighted by molar-refractivity contribution is 7.89. The Morgan fingerprint density at radius 2 is 1.46 bits per heavy atom. The fourth-order valence-corrected chi connectivity index (χ4v) is 5.55. The topological polar surface area (TPSA) is 90.2 Å². The molecular weight excluding hydrogens is 534 g/mol. The first kappa shape index (κ1) is 26.4. The van der Waals surface area contributed by atoms with Gasteiger partial charge in [0.15, 0.2) is 0 Å². The van der Waals surface area contributed by atoms with Crippen LogP contribution in [0.2, 0.25) is 0 Å². The van der Waals surface area contributed by atoms with E-state index in [1.54, 1.807) is 42.2 Å². The zero-order valence-electron chi connectivity index (χ0n) is 22.5. The van der Waals surface area contributed by atoms with Gasteiger partial charge in [0.05, 0.1) is 17.1 Å². The van der Waals surface area contributed by atoms with E-state index in [9.17, 15) is 8.42 Å². The minimum absolute atomic E-state index is 0.000935. The summed E-state index contributed by atoms with van der Waals surface area (Å²) < 4.78 is 35.6. The van der Waals surface area contributed by atoms with Gasteiger partial charge in [-0.3, -0.25) is 4.98 Å². The molecule has 6 rings (SSSR count). The Morgan fingerprint density at radius 1 is 0.805 bits per heavy atom. The van der Waals surface area contributed by atoms with E-state index >= 15 is 0 Å². The van der Waals surface area contributed by atoms with Crippen molar-refractivity contribution in [3.05, 3.63) is 127 Å². The fraction of sp³-hybridized carbons (Fsp3) is 0.0938. The maximum absolute atomic E-state index is 13.4. The number of para-hydroxylation sites is 1. The Kier molecular flexibility index (Phi) is 7.05. The lowest BCUT2D eigenvalue weighted by Crippen LogP contribution is -2.28. The van der Waals surface area contributed by atoms with Gasteiger partial charge in [-0.15, -0.1) is 5.10 Å². The molecule has 0 saturated carbocycles. The number of hydrogen-bond acceptors (Lipinski definition) is 6. The van der Waals surface area contributed by atoms with E-state index in [1.165, 1.54) is 4.31 Å². The summed E-state index contributed by atoms with van der Waals surface area (Å²) in [5.41, 5.74) is 2.29. The molecule has 2 heterocycles. The average molecular weight is 562 g/mol. The number of rotatable bonds is 8. The Labute approximate surface area is 238 Å². The van der Waals surface area contributed by atoms with Crippen LogP contribution in [0.15, 0.2) is 120 Å². The van der Waals surface area contributed by atoms with Crippen molar-refractivity contribution in [3.63, 3.8) is 0 Å². The molecule has 0 N–H and O–H groups in total. The van der Waals surface area contributed by atoms with E-state index in [4.69, 9.17) is 14.8 Å². The van der Waals surface area contributed by atoms with Gasteiger partial charge in [-0.05, 0) is 66.9 Å². The summed E-state index contributed by atoms with van der Waals surface area (Å²) in [6.07, 6.45) is 1.79. The lowest BCUT2D eigenvalue weighted by atomic mass is 10.1. The number of hydrogen-bond donors (Lipinski definition) is 0. The van der Waals surface area contributed by atoms with E-state index in [2.05, 4.69) is 4.98 Å². The molecule has 6 aromatic rings. The third kappa shape index (κ3) is 5.58. The first-order valence-electron chi connectivity index (χ1n) is 13.0. The second kappa shape index (κ2) is 11.0. The van der Waals surface area contributed by atoms with Crippen molar-refractivity contribution < 1.29 is 13.2 Å². The zero-order valence-corrected chi connectivity index (χ0v) is 23.4. The number of ether oxygens (including phenoxy) is 1. The maximum atomic E-state index is 13.4. The molecule has 2 aromatic heterocycles. The van der Waals surface area contributed by atoms with E-state index in [0.717, 1.165) is 22.1 Å².